The van der Waals surface area contributed by atoms with Crippen LogP contribution >= 0.6 is 0 Å². The first-order valence-electron chi connectivity index (χ1n) is 9.06. The minimum atomic E-state index is -0.345. The maximum Gasteiger partial charge on any atom is 0.350 e. The van der Waals surface area contributed by atoms with Gasteiger partial charge in [0.25, 0.3) is 0 Å². The van der Waals surface area contributed by atoms with E-state index in [1.54, 1.807) is 18.5 Å². The van der Waals surface area contributed by atoms with E-state index in [4.69, 9.17) is 10.5 Å². The number of aromatic nitrogens is 4. The van der Waals surface area contributed by atoms with Gasteiger partial charge in [-0.15, -0.1) is 5.10 Å². The highest BCUT2D eigenvalue weighted by Crippen LogP contribution is 2.21. The van der Waals surface area contributed by atoms with Crippen LogP contribution in [0, 0.1) is 0 Å². The fourth-order valence-electron chi connectivity index (χ4n) is 3.16. The zero-order chi connectivity index (χ0) is 19.5. The molecule has 28 heavy (non-hydrogen) atoms. The van der Waals surface area contributed by atoms with Crippen molar-refractivity contribution in [2.24, 2.45) is 5.73 Å². The van der Waals surface area contributed by atoms with Crippen LogP contribution in [0.4, 0.5) is 10.2 Å². The molecule has 3 aromatic rings. The Balaban J connectivity index is 1.62. The third-order valence-corrected chi connectivity index (χ3v) is 4.76. The minimum absolute atomic E-state index is 0.0264. The normalized spacial score (nSPS) is 15.4. The molecule has 0 spiro atoms. The molecule has 0 bridgehead atoms. The summed E-state index contributed by atoms with van der Waals surface area (Å²) >= 11 is 0. The second kappa shape index (κ2) is 7.91. The maximum atomic E-state index is 12.8. The van der Waals surface area contributed by atoms with E-state index in [9.17, 15) is 9.18 Å². The summed E-state index contributed by atoms with van der Waals surface area (Å²) in [7, 11) is 0. The van der Waals surface area contributed by atoms with Crippen molar-refractivity contribution in [2.45, 2.75) is 6.54 Å². The lowest BCUT2D eigenvalue weighted by Crippen LogP contribution is -2.36. The molecule has 0 saturated carbocycles. The molecule has 4 heterocycles. The Bertz CT molecular complexity index is 1050. The molecule has 1 aliphatic rings. The number of ether oxygens (including phenoxy) is 1. The lowest BCUT2D eigenvalue weighted by atomic mass is 10.1. The van der Waals surface area contributed by atoms with E-state index in [0.717, 1.165) is 30.0 Å². The third kappa shape index (κ3) is 3.54. The number of anilines is 1. The molecule has 0 unspecified atom stereocenters. The van der Waals surface area contributed by atoms with Crippen LogP contribution in [0.25, 0.3) is 16.8 Å². The number of morpholine rings is 1. The molecule has 0 aromatic carbocycles. The van der Waals surface area contributed by atoms with Gasteiger partial charge in [-0.3, -0.25) is 0 Å². The number of nitrogens with two attached hydrogens (primary N) is 1. The lowest BCUT2D eigenvalue weighted by molar-refractivity contribution is 0.122. The van der Waals surface area contributed by atoms with E-state index in [1.165, 1.54) is 9.08 Å². The first kappa shape index (κ1) is 18.3. The quantitative estimate of drug-likeness (QED) is 0.711. The Morgan fingerprint density at radius 3 is 2.68 bits per heavy atom. The maximum absolute atomic E-state index is 12.8. The van der Waals surface area contributed by atoms with Gasteiger partial charge in [0.1, 0.15) is 5.82 Å². The van der Waals surface area contributed by atoms with Gasteiger partial charge in [-0.2, -0.15) is 0 Å². The predicted molar refractivity (Wildman–Crippen MR) is 104 cm³/mol. The largest absolute Gasteiger partial charge is 0.378 e. The van der Waals surface area contributed by atoms with Gasteiger partial charge in [0, 0.05) is 43.2 Å². The lowest BCUT2D eigenvalue weighted by Gasteiger charge is -2.27. The standard InChI is InChI=1S/C19H21FN6O2/c20-9-14(10-21)12-26-19(27)25-13-16(2-4-18(25)23-26)15-1-3-17(22-11-15)24-5-7-28-8-6-24/h1-4,9,11,13H,5-8,10,12,21H2/b14-9+. The fourth-order valence-corrected chi connectivity index (χ4v) is 3.16. The van der Waals surface area contributed by atoms with Crippen molar-refractivity contribution < 1.29 is 9.13 Å². The van der Waals surface area contributed by atoms with Crippen molar-refractivity contribution in [3.05, 3.63) is 59.0 Å². The number of halogens is 1. The van der Waals surface area contributed by atoms with E-state index in [2.05, 4.69) is 15.0 Å². The SMILES string of the molecule is NC/C(=C\F)Cn1nc2ccc(-c3ccc(N4CCOCC4)nc3)cn2c1=O. The number of rotatable bonds is 5. The Morgan fingerprint density at radius 1 is 1.21 bits per heavy atom. The molecular weight excluding hydrogens is 363 g/mol. The van der Waals surface area contributed by atoms with Crippen molar-refractivity contribution in [3.63, 3.8) is 0 Å². The van der Waals surface area contributed by atoms with Crippen LogP contribution in [0.2, 0.25) is 0 Å². The van der Waals surface area contributed by atoms with E-state index in [0.29, 0.717) is 30.8 Å². The van der Waals surface area contributed by atoms with Gasteiger partial charge >= 0.3 is 5.69 Å². The Morgan fingerprint density at radius 2 is 2.00 bits per heavy atom. The summed E-state index contributed by atoms with van der Waals surface area (Å²) in [6, 6.07) is 7.58. The van der Waals surface area contributed by atoms with Gasteiger partial charge in [-0.1, -0.05) is 0 Å². The number of fused-ring (bicyclic) bond motifs is 1. The van der Waals surface area contributed by atoms with Gasteiger partial charge in [0.15, 0.2) is 5.65 Å². The van der Waals surface area contributed by atoms with Crippen LogP contribution in [0.1, 0.15) is 0 Å². The molecule has 0 radical (unpaired) electrons. The highest BCUT2D eigenvalue weighted by atomic mass is 19.1. The number of pyridine rings is 2. The van der Waals surface area contributed by atoms with Crippen LogP contribution in [0.3, 0.4) is 0 Å². The van der Waals surface area contributed by atoms with Gasteiger partial charge in [0.05, 0.1) is 26.1 Å². The summed E-state index contributed by atoms with van der Waals surface area (Å²) in [6.45, 7) is 3.12. The van der Waals surface area contributed by atoms with Crippen molar-refractivity contribution in [2.75, 3.05) is 37.7 Å². The molecule has 1 saturated heterocycles. The summed E-state index contributed by atoms with van der Waals surface area (Å²) in [5.74, 6) is 0.908. The molecular formula is C19H21FN6O2. The second-order valence-corrected chi connectivity index (χ2v) is 6.56. The molecule has 0 atom stereocenters. The van der Waals surface area contributed by atoms with E-state index in [1.807, 2.05) is 18.2 Å². The third-order valence-electron chi connectivity index (χ3n) is 4.76. The van der Waals surface area contributed by atoms with E-state index < -0.39 is 0 Å². The van der Waals surface area contributed by atoms with Crippen LogP contribution < -0.4 is 16.3 Å². The zero-order valence-corrected chi connectivity index (χ0v) is 15.3. The van der Waals surface area contributed by atoms with Crippen molar-refractivity contribution >= 4 is 11.5 Å². The van der Waals surface area contributed by atoms with E-state index in [-0.39, 0.29) is 18.8 Å². The van der Waals surface area contributed by atoms with Crippen LogP contribution in [-0.2, 0) is 11.3 Å². The Labute approximate surface area is 160 Å². The highest BCUT2D eigenvalue weighted by molar-refractivity contribution is 5.65. The first-order chi connectivity index (χ1) is 13.7. The molecule has 0 aliphatic carbocycles. The van der Waals surface area contributed by atoms with Gasteiger partial charge in [0.2, 0.25) is 0 Å². The fraction of sp³-hybridized carbons (Fsp3) is 0.316. The minimum Gasteiger partial charge on any atom is -0.378 e. The Hall–Kier alpha value is -3.04. The van der Waals surface area contributed by atoms with Gasteiger partial charge in [-0.05, 0) is 29.8 Å². The molecule has 9 heteroatoms. The molecule has 3 aromatic heterocycles. The van der Waals surface area contributed by atoms with Gasteiger partial charge in [-0.25, -0.2) is 23.3 Å². The summed E-state index contributed by atoms with van der Waals surface area (Å²) < 4.78 is 20.8. The summed E-state index contributed by atoms with van der Waals surface area (Å²) in [4.78, 5) is 19.3. The molecule has 1 fully saturated rings. The van der Waals surface area contributed by atoms with Crippen LogP contribution in [0.15, 0.2) is 53.4 Å². The average Bonchev–Trinajstić information content (AvgIpc) is 3.07. The Kier molecular flexibility index (Phi) is 5.18. The number of hydrogen-bond donors (Lipinski definition) is 1. The molecule has 2 N–H and O–H groups in total. The number of hydrogen-bond acceptors (Lipinski definition) is 6. The first-order valence-corrected chi connectivity index (χ1v) is 9.06. The van der Waals surface area contributed by atoms with Crippen molar-refractivity contribution in [1.82, 2.24) is 19.2 Å². The molecule has 8 nitrogen and oxygen atoms in total. The second-order valence-electron chi connectivity index (χ2n) is 6.56. The molecule has 4 rings (SSSR count). The smallest absolute Gasteiger partial charge is 0.350 e. The summed E-state index contributed by atoms with van der Waals surface area (Å²) in [5, 5.41) is 4.23. The van der Waals surface area contributed by atoms with Crippen molar-refractivity contribution in [1.29, 1.82) is 0 Å². The van der Waals surface area contributed by atoms with Gasteiger partial charge < -0.3 is 15.4 Å². The monoisotopic (exact) mass is 384 g/mol. The topological polar surface area (TPSA) is 90.7 Å². The average molecular weight is 384 g/mol. The molecule has 0 amide bonds. The molecule has 146 valence electrons. The van der Waals surface area contributed by atoms with E-state index >= 15 is 0 Å². The predicted octanol–water partition coefficient (Wildman–Crippen LogP) is 1.21. The zero-order valence-electron chi connectivity index (χ0n) is 15.3. The van der Waals surface area contributed by atoms with Crippen LogP contribution in [-0.4, -0.2) is 52.0 Å². The highest BCUT2D eigenvalue weighted by Gasteiger charge is 2.13. The number of nitrogens with zero attached hydrogens (tertiary/aromatic N) is 5. The molecule has 1 aliphatic heterocycles. The summed E-state index contributed by atoms with van der Waals surface area (Å²) in [6.07, 6.45) is 3.93. The van der Waals surface area contributed by atoms with Crippen LogP contribution in [0.5, 0.6) is 0 Å². The van der Waals surface area contributed by atoms with Crippen molar-refractivity contribution in [3.8, 4) is 11.1 Å². The summed E-state index contributed by atoms with van der Waals surface area (Å²) in [5.41, 5.74) is 7.64.